The van der Waals surface area contributed by atoms with E-state index in [9.17, 15) is 39.9 Å². The number of cyclic esters (lactones) is 1. The number of likely N-dealkylation sites (N-methyl/N-ethyl adjacent to an activating group) is 1. The number of nitrogens with two attached hydrogens (primary N) is 1. The predicted molar refractivity (Wildman–Crippen MR) is 315 cm³/mol. The summed E-state index contributed by atoms with van der Waals surface area (Å²) in [5.41, 5.74) is 8.16. The number of nitrogen functional groups attached to an aromatic ring is 1. The Morgan fingerprint density at radius 2 is 1.46 bits per heavy atom. The monoisotopic (exact) mass is 1190 g/mol. The number of aliphatic hydroxyl groups is 5. The van der Waals surface area contributed by atoms with Gasteiger partial charge in [-0.25, -0.2) is 0 Å². The molecule has 0 unspecified atom stereocenters. The van der Waals surface area contributed by atoms with Crippen molar-refractivity contribution in [2.75, 3.05) is 47.2 Å². The van der Waals surface area contributed by atoms with Gasteiger partial charge < -0.3 is 84.1 Å². The van der Waals surface area contributed by atoms with Crippen molar-refractivity contribution in [1.82, 2.24) is 10.2 Å². The second-order valence-electron chi connectivity index (χ2n) is 23.7. The summed E-state index contributed by atoms with van der Waals surface area (Å²) in [6.45, 7) is 14.0. The number of carbonyl (C=O) groups is 3. The quantitative estimate of drug-likeness (QED) is 0.0808. The van der Waals surface area contributed by atoms with Crippen molar-refractivity contribution >= 4 is 34.0 Å². The first-order valence-corrected chi connectivity index (χ1v) is 30.1. The third-order valence-electron chi connectivity index (χ3n) is 17.2. The first-order valence-electron chi connectivity index (χ1n) is 29.3. The summed E-state index contributed by atoms with van der Waals surface area (Å²) in [6.07, 6.45) is -10.1. The largest absolute Gasteiger partial charge is 0.462 e. The van der Waals surface area contributed by atoms with E-state index in [2.05, 4.69) is 5.32 Å². The second kappa shape index (κ2) is 29.9. The molecule has 2 aromatic carbocycles. The fourth-order valence-electron chi connectivity index (χ4n) is 12.2. The maximum Gasteiger partial charge on any atom is 0.308 e. The van der Waals surface area contributed by atoms with Gasteiger partial charge in [-0.15, -0.1) is 11.3 Å². The molecule has 0 spiro atoms. The number of amides is 1. The van der Waals surface area contributed by atoms with Crippen LogP contribution in [0.25, 0.3) is 0 Å². The van der Waals surface area contributed by atoms with E-state index in [1.54, 1.807) is 65.8 Å². The van der Waals surface area contributed by atoms with Crippen LogP contribution in [0.5, 0.6) is 0 Å². The van der Waals surface area contributed by atoms with Crippen LogP contribution < -0.4 is 11.1 Å². The van der Waals surface area contributed by atoms with Crippen LogP contribution in [0.3, 0.4) is 0 Å². The SMILES string of the molecule is CC[C@H]1OC(=O)C[C@@H](O)[C@H](C)[C@@H](O[C@@H]2O[C@H](C)[C@@H](O[C@H]3C[C@@](C)(O)[C@@H](O)[C@H](C)O3)[C@H](N(C)C)[C@H]2O)[C@@H](c2cc(C(=O)NCC(c3ccccc3)c3ccccc3)c(N)s2)C[C@@H](C)C(=O)/C=C/C(C)=C/[C@@H]1CO[C@@H]1O[C@H](C)[C@@H](O)[C@@H](OC)[C@H]1OC. The van der Waals surface area contributed by atoms with E-state index in [1.807, 2.05) is 80.6 Å². The molecule has 0 radical (unpaired) electrons. The molecule has 4 aliphatic rings. The fraction of sp³-hybridized carbons (Fsp3) is 0.635. The van der Waals surface area contributed by atoms with Gasteiger partial charge in [-0.2, -0.15) is 0 Å². The lowest BCUT2D eigenvalue weighted by atomic mass is 9.80. The molecule has 3 saturated heterocycles. The number of nitrogens with zero attached hydrogens (tertiary/aromatic N) is 1. The van der Waals surface area contributed by atoms with E-state index in [4.69, 9.17) is 48.4 Å². The number of allylic oxidation sites excluding steroid dienone is 3. The molecule has 0 aliphatic carbocycles. The Bertz CT molecular complexity index is 2620. The van der Waals surface area contributed by atoms with Crippen molar-refractivity contribution in [2.24, 2.45) is 17.8 Å². The van der Waals surface area contributed by atoms with Gasteiger partial charge in [-0.1, -0.05) is 99.2 Å². The number of ketones is 1. The van der Waals surface area contributed by atoms with Gasteiger partial charge in [0, 0.05) is 61.7 Å². The number of anilines is 1. The van der Waals surface area contributed by atoms with E-state index in [0.29, 0.717) is 16.9 Å². The highest BCUT2D eigenvalue weighted by molar-refractivity contribution is 7.16. The van der Waals surface area contributed by atoms with Crippen molar-refractivity contribution in [3.8, 4) is 0 Å². The first kappa shape index (κ1) is 67.0. The van der Waals surface area contributed by atoms with Crippen molar-refractivity contribution in [1.29, 1.82) is 0 Å². The van der Waals surface area contributed by atoms with Crippen LogP contribution >= 0.6 is 11.3 Å². The number of ether oxygens (including phenoxy) is 9. The van der Waals surface area contributed by atoms with Gasteiger partial charge in [0.1, 0.15) is 42.7 Å². The zero-order valence-electron chi connectivity index (χ0n) is 50.5. The van der Waals surface area contributed by atoms with Crippen LogP contribution in [-0.4, -0.2) is 193 Å². The minimum atomic E-state index is -1.53. The van der Waals surface area contributed by atoms with E-state index in [-0.39, 0.29) is 48.3 Å². The molecule has 20 nitrogen and oxygen atoms in total. The maximum atomic E-state index is 14.5. The summed E-state index contributed by atoms with van der Waals surface area (Å²) in [4.78, 5) is 45.6. The molecule has 3 aromatic rings. The molecule has 0 saturated carbocycles. The van der Waals surface area contributed by atoms with Crippen LogP contribution in [0.1, 0.15) is 119 Å². The highest BCUT2D eigenvalue weighted by atomic mass is 32.1. The zero-order valence-corrected chi connectivity index (χ0v) is 51.3. The Kier molecular flexibility index (Phi) is 23.9. The summed E-state index contributed by atoms with van der Waals surface area (Å²) < 4.78 is 56.1. The number of hydrogen-bond acceptors (Lipinski definition) is 20. The number of methoxy groups -OCH3 is 2. The van der Waals surface area contributed by atoms with Crippen LogP contribution in [0.4, 0.5) is 5.00 Å². The molecule has 4 aliphatic heterocycles. The number of benzene rings is 2. The summed E-state index contributed by atoms with van der Waals surface area (Å²) in [6, 6.07) is 20.6. The van der Waals surface area contributed by atoms with Crippen LogP contribution in [0.2, 0.25) is 0 Å². The Hall–Kier alpha value is -4.53. The molecule has 7 rings (SSSR count). The second-order valence-corrected chi connectivity index (χ2v) is 24.8. The minimum absolute atomic E-state index is 0.0368. The van der Waals surface area contributed by atoms with Crippen molar-refractivity contribution in [3.63, 3.8) is 0 Å². The fourth-order valence-corrected chi connectivity index (χ4v) is 13.2. The molecule has 8 N–H and O–H groups in total. The summed E-state index contributed by atoms with van der Waals surface area (Å²) in [5.74, 6) is -4.69. The number of hydrogen-bond donors (Lipinski definition) is 7. The van der Waals surface area contributed by atoms with Crippen LogP contribution in [0, 0.1) is 17.8 Å². The summed E-state index contributed by atoms with van der Waals surface area (Å²) in [5, 5.41) is 60.9. The predicted octanol–water partition coefficient (Wildman–Crippen LogP) is 5.62. The van der Waals surface area contributed by atoms with E-state index < -0.39 is 146 Å². The average Bonchev–Trinajstić information content (AvgIpc) is 4.03. The average molecular weight is 1190 g/mol. The first-order chi connectivity index (χ1) is 39.9. The molecule has 1 amide bonds. The normalized spacial score (nSPS) is 37.8. The van der Waals surface area contributed by atoms with Crippen molar-refractivity contribution in [2.45, 2.75) is 197 Å². The Morgan fingerprint density at radius 3 is 2.06 bits per heavy atom. The highest BCUT2D eigenvalue weighted by Crippen LogP contribution is 2.43. The third-order valence-corrected chi connectivity index (χ3v) is 18.3. The molecule has 1 aromatic heterocycles. The number of nitrogens with one attached hydrogen (secondary N) is 1. The van der Waals surface area contributed by atoms with Crippen molar-refractivity contribution < 1.29 is 82.5 Å². The van der Waals surface area contributed by atoms with E-state index in [1.165, 1.54) is 27.2 Å². The van der Waals surface area contributed by atoms with Crippen LogP contribution in [-0.2, 0) is 52.2 Å². The Balaban J connectivity index is 1.24. The lowest BCUT2D eigenvalue weighted by Crippen LogP contribution is -2.65. The van der Waals surface area contributed by atoms with Gasteiger partial charge >= 0.3 is 5.97 Å². The lowest BCUT2D eigenvalue weighted by molar-refractivity contribution is -0.340. The number of thiophene rings is 1. The molecule has 21 atom stereocenters. The molecule has 466 valence electrons. The van der Waals surface area contributed by atoms with E-state index >= 15 is 0 Å². The zero-order chi connectivity index (χ0) is 61.3. The van der Waals surface area contributed by atoms with Gasteiger partial charge in [0.05, 0.1) is 65.8 Å². The van der Waals surface area contributed by atoms with Crippen LogP contribution in [0.15, 0.2) is 90.5 Å². The van der Waals surface area contributed by atoms with Gasteiger partial charge in [0.15, 0.2) is 24.7 Å². The molecule has 0 bridgehead atoms. The molecule has 84 heavy (non-hydrogen) atoms. The number of aliphatic hydroxyl groups excluding tert-OH is 4. The van der Waals surface area contributed by atoms with Crippen molar-refractivity contribution in [3.05, 3.63) is 112 Å². The number of esters is 1. The number of carbonyl (C=O) groups excluding carboxylic acids is 3. The standard InChI is InChI=1S/C63H91N3O17S/c1-13-47-41(32-77-62-57(76-12)56(75-11)52(70)36(5)79-62)26-33(2)24-25-45(67)34(3)27-42(48-28-43(59(64)84-48)60(73)65-31-44(39-20-16-14-17-21-39)40-22-18-15-19-23-40)54(35(4)46(68)29-49(69)81-47)83-61-53(71)51(66(9)10)55(37(6)80-61)82-50-30-63(8,74)58(72)38(7)78-50/h14-26,28,34-38,41-42,44,46-47,50-58,61-62,68,70-72,74H,13,27,29-32,64H2,1-12H3,(H,65,73)/b25-24+,33-26+/t34-,35+,36-,37-,38+,41-,42-,46-,47-,50+,51-,52-,53-,54-,55-,56-,57-,58+,61+,62-,63-/m1/s1. The summed E-state index contributed by atoms with van der Waals surface area (Å²) >= 11 is 1.14. The molecular formula is C63H91N3O17S. The minimum Gasteiger partial charge on any atom is -0.462 e. The Morgan fingerprint density at radius 1 is 0.833 bits per heavy atom. The molecule has 21 heteroatoms. The smallest absolute Gasteiger partial charge is 0.308 e. The summed E-state index contributed by atoms with van der Waals surface area (Å²) in [7, 11) is 6.46. The van der Waals surface area contributed by atoms with Gasteiger partial charge in [0.25, 0.3) is 5.91 Å². The van der Waals surface area contributed by atoms with Gasteiger partial charge in [0.2, 0.25) is 0 Å². The van der Waals surface area contributed by atoms with E-state index in [0.717, 1.165) is 22.5 Å². The maximum absolute atomic E-state index is 14.5. The third kappa shape index (κ3) is 16.2. The number of rotatable bonds is 17. The molecular weight excluding hydrogens is 1100 g/mol. The van der Waals surface area contributed by atoms with Gasteiger partial charge in [-0.05, 0) is 84.8 Å². The highest BCUT2D eigenvalue weighted by Gasteiger charge is 2.52. The topological polar surface area (TPSA) is 277 Å². The molecule has 3 fully saturated rings. The lowest BCUT2D eigenvalue weighted by Gasteiger charge is -2.50. The Labute approximate surface area is 498 Å². The molecule has 5 heterocycles. The van der Waals surface area contributed by atoms with Gasteiger partial charge in [-0.3, -0.25) is 14.4 Å².